The molecule has 1 aromatic heterocycles. The molecule has 0 bridgehead atoms. The van der Waals surface area contributed by atoms with E-state index in [9.17, 15) is 9.59 Å². The summed E-state index contributed by atoms with van der Waals surface area (Å²) in [5.74, 6) is -0.409. The van der Waals surface area contributed by atoms with Crippen molar-refractivity contribution in [1.29, 1.82) is 0 Å². The number of rotatable bonds is 2. The summed E-state index contributed by atoms with van der Waals surface area (Å²) in [6.45, 7) is 0. The zero-order valence-corrected chi connectivity index (χ0v) is 10.4. The largest absolute Gasteiger partial charge is 0.465 e. The Bertz CT molecular complexity index is 468. The number of carbonyl (C=O) groups excluding carboxylic acids is 2. The number of thiophene rings is 1. The van der Waals surface area contributed by atoms with Gasteiger partial charge in [-0.25, -0.2) is 9.59 Å². The lowest BCUT2D eigenvalue weighted by molar-refractivity contribution is 0.0601. The molecule has 1 aliphatic carbocycles. The maximum Gasteiger partial charge on any atom is 0.341 e. The Morgan fingerprint density at radius 1 is 1.35 bits per heavy atom. The minimum atomic E-state index is -0.659. The van der Waals surface area contributed by atoms with E-state index >= 15 is 0 Å². The van der Waals surface area contributed by atoms with Gasteiger partial charge in [-0.05, 0) is 31.2 Å². The Morgan fingerprint density at radius 3 is 2.71 bits per heavy atom. The minimum absolute atomic E-state index is 0.409. The number of hydrogen-bond acceptors (Lipinski definition) is 4. The number of urea groups is 1. The third-order valence-electron chi connectivity index (χ3n) is 2.80. The molecule has 0 atom stereocenters. The second kappa shape index (κ2) is 4.75. The lowest BCUT2D eigenvalue weighted by atomic mass is 9.95. The van der Waals surface area contributed by atoms with Gasteiger partial charge in [0, 0.05) is 4.88 Å². The van der Waals surface area contributed by atoms with Gasteiger partial charge < -0.3 is 10.5 Å². The molecule has 2 amide bonds. The Labute approximate surface area is 103 Å². The summed E-state index contributed by atoms with van der Waals surface area (Å²) >= 11 is 1.42. The third kappa shape index (κ3) is 2.26. The van der Waals surface area contributed by atoms with E-state index in [-0.39, 0.29) is 0 Å². The fourth-order valence-electron chi connectivity index (χ4n) is 2.08. The molecule has 0 aliphatic heterocycles. The number of hydrogen-bond donors (Lipinski definition) is 2. The van der Waals surface area contributed by atoms with Crippen LogP contribution in [0.15, 0.2) is 0 Å². The SMILES string of the molecule is COC(=O)c1c(NC(N)=O)sc2c1CCCC2. The first-order valence-corrected chi connectivity index (χ1v) is 6.24. The summed E-state index contributed by atoms with van der Waals surface area (Å²) in [5.41, 5.74) is 6.59. The van der Waals surface area contributed by atoms with Crippen molar-refractivity contribution in [1.82, 2.24) is 0 Å². The molecule has 6 heteroatoms. The highest BCUT2D eigenvalue weighted by atomic mass is 32.1. The molecule has 3 N–H and O–H groups in total. The molecule has 0 aromatic carbocycles. The van der Waals surface area contributed by atoms with Crippen LogP contribution in [-0.2, 0) is 17.6 Å². The molecular formula is C11H14N2O3S. The smallest absolute Gasteiger partial charge is 0.341 e. The number of nitrogens with two attached hydrogens (primary N) is 1. The summed E-state index contributed by atoms with van der Waals surface area (Å²) < 4.78 is 4.76. The van der Waals surface area contributed by atoms with Crippen molar-refractivity contribution in [3.05, 3.63) is 16.0 Å². The van der Waals surface area contributed by atoms with E-state index in [0.717, 1.165) is 36.1 Å². The second-order valence-corrected chi connectivity index (χ2v) is 5.00. The van der Waals surface area contributed by atoms with Crippen LogP contribution in [0.1, 0.15) is 33.6 Å². The van der Waals surface area contributed by atoms with E-state index in [2.05, 4.69) is 5.32 Å². The van der Waals surface area contributed by atoms with Crippen molar-refractivity contribution in [2.75, 3.05) is 12.4 Å². The quantitative estimate of drug-likeness (QED) is 0.791. The average Bonchev–Trinajstić information content (AvgIpc) is 2.65. The maximum absolute atomic E-state index is 11.7. The molecule has 1 aliphatic rings. The van der Waals surface area contributed by atoms with Gasteiger partial charge in [-0.15, -0.1) is 11.3 Å². The molecule has 0 radical (unpaired) electrons. The molecule has 2 rings (SSSR count). The molecule has 0 spiro atoms. The van der Waals surface area contributed by atoms with Crippen LogP contribution in [-0.4, -0.2) is 19.1 Å². The Kier molecular flexibility index (Phi) is 3.33. The van der Waals surface area contributed by atoms with Crippen LogP contribution in [0.3, 0.4) is 0 Å². The normalized spacial score (nSPS) is 13.9. The molecule has 0 unspecified atom stereocenters. The van der Waals surface area contributed by atoms with Crippen molar-refractivity contribution in [3.63, 3.8) is 0 Å². The molecule has 1 aromatic rings. The molecular weight excluding hydrogens is 240 g/mol. The van der Waals surface area contributed by atoms with Crippen LogP contribution in [0.5, 0.6) is 0 Å². The highest BCUT2D eigenvalue weighted by Crippen LogP contribution is 2.38. The van der Waals surface area contributed by atoms with Crippen LogP contribution in [0, 0.1) is 0 Å². The van der Waals surface area contributed by atoms with Crippen molar-refractivity contribution in [3.8, 4) is 0 Å². The van der Waals surface area contributed by atoms with Gasteiger partial charge in [0.1, 0.15) is 5.00 Å². The number of primary amides is 1. The van der Waals surface area contributed by atoms with E-state index < -0.39 is 12.0 Å². The molecule has 17 heavy (non-hydrogen) atoms. The molecule has 1 heterocycles. The standard InChI is InChI=1S/C11H14N2O3S/c1-16-10(14)8-6-4-2-3-5-7(6)17-9(8)13-11(12)15/h2-5H2,1H3,(H3,12,13,15). The van der Waals surface area contributed by atoms with Crippen molar-refractivity contribution in [2.24, 2.45) is 5.73 Å². The number of amides is 2. The van der Waals surface area contributed by atoms with Gasteiger partial charge in [0.2, 0.25) is 0 Å². The maximum atomic E-state index is 11.7. The van der Waals surface area contributed by atoms with E-state index in [4.69, 9.17) is 10.5 Å². The topological polar surface area (TPSA) is 81.4 Å². The van der Waals surface area contributed by atoms with Crippen molar-refractivity contribution in [2.45, 2.75) is 25.7 Å². The number of esters is 1. The van der Waals surface area contributed by atoms with Gasteiger partial charge in [0.05, 0.1) is 12.7 Å². The fraction of sp³-hybridized carbons (Fsp3) is 0.455. The van der Waals surface area contributed by atoms with E-state index in [1.54, 1.807) is 0 Å². The van der Waals surface area contributed by atoms with Crippen LogP contribution >= 0.6 is 11.3 Å². The summed E-state index contributed by atoms with van der Waals surface area (Å²) in [6.07, 6.45) is 3.98. The summed E-state index contributed by atoms with van der Waals surface area (Å²) in [4.78, 5) is 23.8. The lowest BCUT2D eigenvalue weighted by Crippen LogP contribution is -2.20. The third-order valence-corrected chi connectivity index (χ3v) is 4.00. The van der Waals surface area contributed by atoms with Crippen LogP contribution in [0.4, 0.5) is 9.80 Å². The van der Waals surface area contributed by atoms with Crippen LogP contribution < -0.4 is 11.1 Å². The molecule has 0 saturated carbocycles. The van der Waals surface area contributed by atoms with E-state index in [1.807, 2.05) is 0 Å². The first kappa shape index (κ1) is 11.9. The molecule has 5 nitrogen and oxygen atoms in total. The lowest BCUT2D eigenvalue weighted by Gasteiger charge is -2.11. The van der Waals surface area contributed by atoms with Gasteiger partial charge >= 0.3 is 12.0 Å². The number of fused-ring (bicyclic) bond motifs is 1. The van der Waals surface area contributed by atoms with Gasteiger partial charge in [-0.3, -0.25) is 5.32 Å². The number of aryl methyl sites for hydroxylation is 1. The monoisotopic (exact) mass is 254 g/mol. The van der Waals surface area contributed by atoms with E-state index in [0.29, 0.717) is 10.6 Å². The fourth-order valence-corrected chi connectivity index (χ4v) is 3.36. The first-order chi connectivity index (χ1) is 8.13. The minimum Gasteiger partial charge on any atom is -0.465 e. The van der Waals surface area contributed by atoms with Crippen LogP contribution in [0.25, 0.3) is 0 Å². The average molecular weight is 254 g/mol. The number of ether oxygens (including phenoxy) is 1. The summed E-state index contributed by atoms with van der Waals surface area (Å²) in [6, 6.07) is -0.659. The summed E-state index contributed by atoms with van der Waals surface area (Å²) in [5, 5.41) is 3.01. The number of methoxy groups -OCH3 is 1. The Balaban J connectivity index is 2.46. The van der Waals surface area contributed by atoms with E-state index in [1.165, 1.54) is 18.4 Å². The Hall–Kier alpha value is -1.56. The second-order valence-electron chi connectivity index (χ2n) is 3.90. The predicted molar refractivity (Wildman–Crippen MR) is 65.5 cm³/mol. The number of nitrogens with one attached hydrogen (secondary N) is 1. The Morgan fingerprint density at radius 2 is 2.06 bits per heavy atom. The van der Waals surface area contributed by atoms with Gasteiger partial charge in [-0.1, -0.05) is 0 Å². The highest BCUT2D eigenvalue weighted by molar-refractivity contribution is 7.17. The molecule has 92 valence electrons. The molecule has 0 fully saturated rings. The predicted octanol–water partition coefficient (Wildman–Crippen LogP) is 1.90. The number of anilines is 1. The molecule has 0 saturated heterocycles. The van der Waals surface area contributed by atoms with Gasteiger partial charge in [0.15, 0.2) is 0 Å². The van der Waals surface area contributed by atoms with Gasteiger partial charge in [-0.2, -0.15) is 0 Å². The van der Waals surface area contributed by atoms with Crippen molar-refractivity contribution < 1.29 is 14.3 Å². The van der Waals surface area contributed by atoms with Gasteiger partial charge in [0.25, 0.3) is 0 Å². The summed E-state index contributed by atoms with van der Waals surface area (Å²) in [7, 11) is 1.34. The number of carbonyl (C=O) groups is 2. The van der Waals surface area contributed by atoms with Crippen molar-refractivity contribution >= 4 is 28.3 Å². The first-order valence-electron chi connectivity index (χ1n) is 5.42. The zero-order valence-electron chi connectivity index (χ0n) is 9.54. The van der Waals surface area contributed by atoms with Crippen LogP contribution in [0.2, 0.25) is 0 Å². The highest BCUT2D eigenvalue weighted by Gasteiger charge is 2.26. The zero-order chi connectivity index (χ0) is 12.4.